The Balaban J connectivity index is 1.96. The van der Waals surface area contributed by atoms with Gasteiger partial charge >= 0.3 is 0 Å². The quantitative estimate of drug-likeness (QED) is 0.857. The maximum absolute atomic E-state index is 5.70. The van der Waals surface area contributed by atoms with Crippen LogP contribution in [0.25, 0.3) is 0 Å². The molecule has 96 valence electrons. The Morgan fingerprint density at radius 1 is 1.39 bits per heavy atom. The molecule has 18 heavy (non-hydrogen) atoms. The van der Waals surface area contributed by atoms with Gasteiger partial charge in [-0.3, -0.25) is 10.00 Å². The van der Waals surface area contributed by atoms with E-state index in [1.54, 1.807) is 6.26 Å². The summed E-state index contributed by atoms with van der Waals surface area (Å²) in [7, 11) is 0. The first-order valence-corrected chi connectivity index (χ1v) is 6.33. The summed E-state index contributed by atoms with van der Waals surface area (Å²) in [6, 6.07) is 2.19. The molecule has 0 saturated carbocycles. The first-order chi connectivity index (χ1) is 8.86. The summed E-state index contributed by atoms with van der Waals surface area (Å²) in [6.07, 6.45) is 5.60. The van der Waals surface area contributed by atoms with Crippen LogP contribution in [0.3, 0.4) is 0 Å². The second kappa shape index (κ2) is 4.96. The van der Waals surface area contributed by atoms with E-state index in [1.807, 2.05) is 18.5 Å². The number of furan rings is 1. The Kier molecular flexibility index (Phi) is 3.17. The molecule has 0 bridgehead atoms. The van der Waals surface area contributed by atoms with Gasteiger partial charge in [0.2, 0.25) is 0 Å². The van der Waals surface area contributed by atoms with E-state index < -0.39 is 0 Å². The molecule has 3 heterocycles. The van der Waals surface area contributed by atoms with Gasteiger partial charge in [0.1, 0.15) is 5.76 Å². The minimum absolute atomic E-state index is 0.167. The molecule has 0 spiro atoms. The zero-order valence-electron chi connectivity index (χ0n) is 10.5. The first-order valence-electron chi connectivity index (χ1n) is 6.33. The van der Waals surface area contributed by atoms with E-state index in [1.165, 1.54) is 5.56 Å². The standard InChI is InChI=1S/C13H18N4O/c1-10-2-7-18-13(10)12(11-8-15-16-9-11)17-5-3-14-4-6-17/h2,7-9,12,14H,3-6H2,1H3,(H,15,16). The van der Waals surface area contributed by atoms with Crippen molar-refractivity contribution in [1.29, 1.82) is 0 Å². The third-order valence-corrected chi connectivity index (χ3v) is 3.50. The van der Waals surface area contributed by atoms with Crippen molar-refractivity contribution in [3.63, 3.8) is 0 Å². The molecule has 1 fully saturated rings. The van der Waals surface area contributed by atoms with E-state index in [0.717, 1.165) is 37.5 Å². The molecule has 0 radical (unpaired) electrons. The number of nitrogens with one attached hydrogen (secondary N) is 2. The Morgan fingerprint density at radius 2 is 2.22 bits per heavy atom. The summed E-state index contributed by atoms with van der Waals surface area (Å²) in [5.41, 5.74) is 2.36. The molecule has 5 nitrogen and oxygen atoms in total. The van der Waals surface area contributed by atoms with Crippen LogP contribution in [0.5, 0.6) is 0 Å². The molecule has 1 aliphatic heterocycles. The van der Waals surface area contributed by atoms with Crippen LogP contribution in [0.2, 0.25) is 0 Å². The van der Waals surface area contributed by atoms with Crippen molar-refractivity contribution in [2.24, 2.45) is 0 Å². The monoisotopic (exact) mass is 246 g/mol. The summed E-state index contributed by atoms with van der Waals surface area (Å²) < 4.78 is 5.70. The number of rotatable bonds is 3. The van der Waals surface area contributed by atoms with Gasteiger partial charge < -0.3 is 9.73 Å². The van der Waals surface area contributed by atoms with Crippen molar-refractivity contribution in [3.05, 3.63) is 41.6 Å². The number of aryl methyl sites for hydroxylation is 1. The lowest BCUT2D eigenvalue weighted by Crippen LogP contribution is -2.45. The molecule has 2 aromatic rings. The predicted molar refractivity (Wildman–Crippen MR) is 68.3 cm³/mol. The third kappa shape index (κ3) is 2.07. The molecule has 2 N–H and O–H groups in total. The normalized spacial score (nSPS) is 18.9. The summed E-state index contributed by atoms with van der Waals surface area (Å²) >= 11 is 0. The number of hydrogen-bond acceptors (Lipinski definition) is 4. The second-order valence-corrected chi connectivity index (χ2v) is 4.69. The highest BCUT2D eigenvalue weighted by Crippen LogP contribution is 2.30. The molecule has 0 aliphatic carbocycles. The summed E-state index contributed by atoms with van der Waals surface area (Å²) in [5, 5.41) is 10.3. The van der Waals surface area contributed by atoms with Crippen molar-refractivity contribution in [3.8, 4) is 0 Å². The van der Waals surface area contributed by atoms with E-state index in [9.17, 15) is 0 Å². The number of piperazine rings is 1. The molecule has 0 amide bonds. The zero-order valence-corrected chi connectivity index (χ0v) is 10.5. The summed E-state index contributed by atoms with van der Waals surface area (Å²) in [4.78, 5) is 2.44. The van der Waals surface area contributed by atoms with E-state index in [-0.39, 0.29) is 6.04 Å². The van der Waals surface area contributed by atoms with Crippen LogP contribution in [0.15, 0.2) is 29.1 Å². The fraction of sp³-hybridized carbons (Fsp3) is 0.462. The van der Waals surface area contributed by atoms with Gasteiger partial charge in [0.15, 0.2) is 0 Å². The van der Waals surface area contributed by atoms with E-state index in [0.29, 0.717) is 0 Å². The molecule has 1 atom stereocenters. The highest BCUT2D eigenvalue weighted by Gasteiger charge is 2.28. The lowest BCUT2D eigenvalue weighted by Gasteiger charge is -2.33. The van der Waals surface area contributed by atoms with Gasteiger partial charge in [-0.15, -0.1) is 0 Å². The molecule has 1 aliphatic rings. The molecule has 0 aromatic carbocycles. The van der Waals surface area contributed by atoms with Crippen LogP contribution in [-0.2, 0) is 0 Å². The predicted octanol–water partition coefficient (Wildman–Crippen LogP) is 1.31. The van der Waals surface area contributed by atoms with Crippen molar-refractivity contribution in [2.75, 3.05) is 26.2 Å². The molecular formula is C13H18N4O. The Morgan fingerprint density at radius 3 is 2.83 bits per heavy atom. The van der Waals surface area contributed by atoms with Crippen LogP contribution in [-0.4, -0.2) is 41.3 Å². The van der Waals surface area contributed by atoms with E-state index in [4.69, 9.17) is 4.42 Å². The molecule has 1 saturated heterocycles. The first kappa shape index (κ1) is 11.5. The fourth-order valence-electron chi connectivity index (χ4n) is 2.54. The van der Waals surface area contributed by atoms with E-state index in [2.05, 4.69) is 27.3 Å². The Bertz CT molecular complexity index is 485. The molecule has 1 unspecified atom stereocenters. The SMILES string of the molecule is Cc1ccoc1C(c1cn[nH]c1)N1CCNCC1. The van der Waals surface area contributed by atoms with E-state index >= 15 is 0 Å². The van der Waals surface area contributed by atoms with Gasteiger partial charge in [-0.2, -0.15) is 5.10 Å². The highest BCUT2D eigenvalue weighted by atomic mass is 16.3. The van der Waals surface area contributed by atoms with Crippen molar-refractivity contribution in [1.82, 2.24) is 20.4 Å². The van der Waals surface area contributed by atoms with Gasteiger partial charge in [0.05, 0.1) is 18.5 Å². The average Bonchev–Trinajstić information content (AvgIpc) is 3.05. The summed E-state index contributed by atoms with van der Waals surface area (Å²) in [6.45, 7) is 6.18. The van der Waals surface area contributed by atoms with Crippen LogP contribution < -0.4 is 5.32 Å². The zero-order chi connectivity index (χ0) is 12.4. The number of aromatic nitrogens is 2. The number of nitrogens with zero attached hydrogens (tertiary/aromatic N) is 2. The van der Waals surface area contributed by atoms with Gasteiger partial charge in [0, 0.05) is 37.9 Å². The maximum atomic E-state index is 5.70. The second-order valence-electron chi connectivity index (χ2n) is 4.69. The van der Waals surface area contributed by atoms with Gasteiger partial charge in [-0.25, -0.2) is 0 Å². The average molecular weight is 246 g/mol. The lowest BCUT2D eigenvalue weighted by molar-refractivity contribution is 0.179. The smallest absolute Gasteiger partial charge is 0.128 e. The number of aromatic amines is 1. The Hall–Kier alpha value is -1.59. The molecule has 3 rings (SSSR count). The van der Waals surface area contributed by atoms with Gasteiger partial charge in [0.25, 0.3) is 0 Å². The molecular weight excluding hydrogens is 228 g/mol. The highest BCUT2D eigenvalue weighted by molar-refractivity contribution is 5.28. The third-order valence-electron chi connectivity index (χ3n) is 3.50. The van der Waals surface area contributed by atoms with Crippen LogP contribution in [0.4, 0.5) is 0 Å². The van der Waals surface area contributed by atoms with Crippen LogP contribution in [0.1, 0.15) is 22.9 Å². The van der Waals surface area contributed by atoms with Crippen molar-refractivity contribution in [2.45, 2.75) is 13.0 Å². The topological polar surface area (TPSA) is 57.1 Å². The van der Waals surface area contributed by atoms with Crippen LogP contribution in [0, 0.1) is 6.92 Å². The van der Waals surface area contributed by atoms with Gasteiger partial charge in [-0.05, 0) is 18.6 Å². The van der Waals surface area contributed by atoms with Crippen molar-refractivity contribution >= 4 is 0 Å². The summed E-state index contributed by atoms with van der Waals surface area (Å²) in [5.74, 6) is 1.03. The van der Waals surface area contributed by atoms with Crippen LogP contribution >= 0.6 is 0 Å². The maximum Gasteiger partial charge on any atom is 0.128 e. The molecule has 2 aromatic heterocycles. The fourth-order valence-corrected chi connectivity index (χ4v) is 2.54. The van der Waals surface area contributed by atoms with Gasteiger partial charge in [-0.1, -0.05) is 0 Å². The minimum Gasteiger partial charge on any atom is -0.467 e. The lowest BCUT2D eigenvalue weighted by atomic mass is 10.0. The molecule has 5 heteroatoms. The largest absolute Gasteiger partial charge is 0.467 e. The van der Waals surface area contributed by atoms with Crippen molar-refractivity contribution < 1.29 is 4.42 Å². The number of H-pyrrole nitrogens is 1. The Labute approximate surface area is 106 Å². The minimum atomic E-state index is 0.167. The number of hydrogen-bond donors (Lipinski definition) is 2.